The Morgan fingerprint density at radius 2 is 2.20 bits per heavy atom. The van der Waals surface area contributed by atoms with E-state index in [-0.39, 0.29) is 16.7 Å². The standard InChI is InChI=1S/C15H22N2O3/c1-2-4-15(16-13-7-9-20-10-8-13)12-5-3-6-14(11-12)17(18)19/h3,5-6,11,13,15-16H,2,4,7-10H2,1H3. The molecule has 2 rings (SSSR count). The van der Waals surface area contributed by atoms with Crippen LogP contribution in [0.1, 0.15) is 44.2 Å². The van der Waals surface area contributed by atoms with E-state index >= 15 is 0 Å². The second-order valence-corrected chi connectivity index (χ2v) is 5.25. The number of non-ortho nitro benzene ring substituents is 1. The first kappa shape index (κ1) is 14.9. The summed E-state index contributed by atoms with van der Waals surface area (Å²) in [5, 5.41) is 14.5. The van der Waals surface area contributed by atoms with Crippen molar-refractivity contribution in [1.82, 2.24) is 5.32 Å². The van der Waals surface area contributed by atoms with E-state index < -0.39 is 0 Å². The molecule has 110 valence electrons. The molecule has 1 atom stereocenters. The Hall–Kier alpha value is -1.46. The molecule has 20 heavy (non-hydrogen) atoms. The van der Waals surface area contributed by atoms with Gasteiger partial charge in [-0.3, -0.25) is 10.1 Å². The summed E-state index contributed by atoms with van der Waals surface area (Å²) in [5.41, 5.74) is 1.17. The third-order valence-corrected chi connectivity index (χ3v) is 3.72. The van der Waals surface area contributed by atoms with E-state index in [4.69, 9.17) is 4.74 Å². The monoisotopic (exact) mass is 278 g/mol. The largest absolute Gasteiger partial charge is 0.381 e. The van der Waals surface area contributed by atoms with Crippen LogP contribution in [0.15, 0.2) is 24.3 Å². The number of nitrogens with one attached hydrogen (secondary N) is 1. The highest BCUT2D eigenvalue weighted by molar-refractivity contribution is 5.35. The Bertz CT molecular complexity index is 444. The van der Waals surface area contributed by atoms with Crippen LogP contribution in [0.4, 0.5) is 5.69 Å². The Kier molecular flexibility index (Phi) is 5.49. The van der Waals surface area contributed by atoms with E-state index in [2.05, 4.69) is 12.2 Å². The SMILES string of the molecule is CCCC(NC1CCOCC1)c1cccc([N+](=O)[O-])c1. The van der Waals surface area contributed by atoms with Gasteiger partial charge in [0, 0.05) is 37.4 Å². The number of hydrogen-bond donors (Lipinski definition) is 1. The molecule has 1 heterocycles. The molecule has 0 bridgehead atoms. The normalized spacial score (nSPS) is 17.9. The average molecular weight is 278 g/mol. The highest BCUT2D eigenvalue weighted by atomic mass is 16.6. The van der Waals surface area contributed by atoms with Crippen LogP contribution >= 0.6 is 0 Å². The summed E-state index contributed by atoms with van der Waals surface area (Å²) in [6.45, 7) is 3.73. The predicted molar refractivity (Wildman–Crippen MR) is 77.7 cm³/mol. The molecule has 0 radical (unpaired) electrons. The molecule has 0 spiro atoms. The van der Waals surface area contributed by atoms with Gasteiger partial charge in [0.25, 0.3) is 5.69 Å². The molecular formula is C15H22N2O3. The maximum Gasteiger partial charge on any atom is 0.269 e. The summed E-state index contributed by atoms with van der Waals surface area (Å²) in [7, 11) is 0. The smallest absolute Gasteiger partial charge is 0.269 e. The minimum atomic E-state index is -0.332. The van der Waals surface area contributed by atoms with Gasteiger partial charge >= 0.3 is 0 Å². The summed E-state index contributed by atoms with van der Waals surface area (Å²) in [4.78, 5) is 10.6. The lowest BCUT2D eigenvalue weighted by atomic mass is 9.99. The number of nitrogens with zero attached hydrogens (tertiary/aromatic N) is 1. The molecule has 5 heteroatoms. The van der Waals surface area contributed by atoms with Crippen molar-refractivity contribution in [3.05, 3.63) is 39.9 Å². The van der Waals surface area contributed by atoms with Gasteiger partial charge in [0.2, 0.25) is 0 Å². The van der Waals surface area contributed by atoms with Gasteiger partial charge in [0.1, 0.15) is 0 Å². The van der Waals surface area contributed by atoms with Crippen LogP contribution in [0.3, 0.4) is 0 Å². The van der Waals surface area contributed by atoms with E-state index in [9.17, 15) is 10.1 Å². The quantitative estimate of drug-likeness (QED) is 0.641. The maximum absolute atomic E-state index is 10.9. The second-order valence-electron chi connectivity index (χ2n) is 5.25. The molecule has 1 saturated heterocycles. The van der Waals surface area contributed by atoms with Crippen molar-refractivity contribution < 1.29 is 9.66 Å². The van der Waals surface area contributed by atoms with E-state index in [1.807, 2.05) is 6.07 Å². The third-order valence-electron chi connectivity index (χ3n) is 3.72. The van der Waals surface area contributed by atoms with Crippen LogP contribution < -0.4 is 5.32 Å². The molecule has 0 saturated carbocycles. The molecular weight excluding hydrogens is 256 g/mol. The topological polar surface area (TPSA) is 64.4 Å². The lowest BCUT2D eigenvalue weighted by Gasteiger charge is -2.28. The Balaban J connectivity index is 2.10. The highest BCUT2D eigenvalue weighted by Gasteiger charge is 2.20. The van der Waals surface area contributed by atoms with Crippen molar-refractivity contribution >= 4 is 5.69 Å². The zero-order valence-electron chi connectivity index (χ0n) is 11.9. The van der Waals surface area contributed by atoms with Gasteiger partial charge in [-0.05, 0) is 24.8 Å². The van der Waals surface area contributed by atoms with Crippen molar-refractivity contribution in [3.63, 3.8) is 0 Å². The first-order valence-corrected chi connectivity index (χ1v) is 7.29. The van der Waals surface area contributed by atoms with E-state index in [1.54, 1.807) is 18.2 Å². The zero-order valence-corrected chi connectivity index (χ0v) is 11.9. The molecule has 0 amide bonds. The van der Waals surface area contributed by atoms with E-state index in [0.29, 0.717) is 6.04 Å². The molecule has 1 aromatic rings. The molecule has 1 unspecified atom stereocenters. The number of nitro groups is 1. The fraction of sp³-hybridized carbons (Fsp3) is 0.600. The molecule has 1 aliphatic rings. The fourth-order valence-corrected chi connectivity index (χ4v) is 2.64. The number of nitro benzene ring substituents is 1. The number of hydrogen-bond acceptors (Lipinski definition) is 4. The van der Waals surface area contributed by atoms with E-state index in [0.717, 1.165) is 44.5 Å². The first-order chi connectivity index (χ1) is 9.70. The first-order valence-electron chi connectivity index (χ1n) is 7.29. The molecule has 1 N–H and O–H groups in total. The van der Waals surface area contributed by atoms with Crippen LogP contribution in [0.2, 0.25) is 0 Å². The van der Waals surface area contributed by atoms with Crippen molar-refractivity contribution in [2.45, 2.75) is 44.7 Å². The van der Waals surface area contributed by atoms with Crippen molar-refractivity contribution in [2.24, 2.45) is 0 Å². The van der Waals surface area contributed by atoms with Crippen LogP contribution in [0.5, 0.6) is 0 Å². The summed E-state index contributed by atoms with van der Waals surface area (Å²) < 4.78 is 5.37. The van der Waals surface area contributed by atoms with Crippen LogP contribution in [-0.2, 0) is 4.74 Å². The average Bonchev–Trinajstić information content (AvgIpc) is 2.48. The lowest BCUT2D eigenvalue weighted by Crippen LogP contribution is -2.37. The number of rotatable bonds is 6. The Labute approximate surface area is 119 Å². The summed E-state index contributed by atoms with van der Waals surface area (Å²) in [5.74, 6) is 0. The Morgan fingerprint density at radius 3 is 2.85 bits per heavy atom. The molecule has 0 aliphatic carbocycles. The molecule has 1 aromatic carbocycles. The van der Waals surface area contributed by atoms with Crippen molar-refractivity contribution in [2.75, 3.05) is 13.2 Å². The van der Waals surface area contributed by atoms with E-state index in [1.165, 1.54) is 0 Å². The van der Waals surface area contributed by atoms with Crippen LogP contribution in [0.25, 0.3) is 0 Å². The minimum Gasteiger partial charge on any atom is -0.381 e. The lowest BCUT2D eigenvalue weighted by molar-refractivity contribution is -0.384. The Morgan fingerprint density at radius 1 is 1.45 bits per heavy atom. The molecule has 0 aromatic heterocycles. The number of ether oxygens (including phenoxy) is 1. The summed E-state index contributed by atoms with van der Waals surface area (Å²) >= 11 is 0. The molecule has 1 fully saturated rings. The van der Waals surface area contributed by atoms with Crippen LogP contribution in [-0.4, -0.2) is 24.2 Å². The van der Waals surface area contributed by atoms with Gasteiger partial charge in [0.05, 0.1) is 4.92 Å². The zero-order chi connectivity index (χ0) is 14.4. The maximum atomic E-state index is 10.9. The van der Waals surface area contributed by atoms with Crippen LogP contribution in [0, 0.1) is 10.1 Å². The van der Waals surface area contributed by atoms with Gasteiger partial charge in [-0.25, -0.2) is 0 Å². The van der Waals surface area contributed by atoms with Gasteiger partial charge in [-0.1, -0.05) is 25.5 Å². The minimum absolute atomic E-state index is 0.164. The third kappa shape index (κ3) is 4.02. The second kappa shape index (κ2) is 7.36. The van der Waals surface area contributed by atoms with Gasteiger partial charge in [-0.15, -0.1) is 0 Å². The summed E-state index contributed by atoms with van der Waals surface area (Å²) in [6.07, 6.45) is 4.05. The highest BCUT2D eigenvalue weighted by Crippen LogP contribution is 2.24. The van der Waals surface area contributed by atoms with Gasteiger partial charge < -0.3 is 10.1 Å². The predicted octanol–water partition coefficient (Wildman–Crippen LogP) is 3.20. The van der Waals surface area contributed by atoms with Crippen molar-refractivity contribution in [3.8, 4) is 0 Å². The molecule has 1 aliphatic heterocycles. The fourth-order valence-electron chi connectivity index (χ4n) is 2.64. The van der Waals surface area contributed by atoms with Gasteiger partial charge in [-0.2, -0.15) is 0 Å². The van der Waals surface area contributed by atoms with Gasteiger partial charge in [0.15, 0.2) is 0 Å². The molecule has 5 nitrogen and oxygen atoms in total. The number of benzene rings is 1. The summed E-state index contributed by atoms with van der Waals surface area (Å²) in [6, 6.07) is 7.59. The van der Waals surface area contributed by atoms with Crippen molar-refractivity contribution in [1.29, 1.82) is 0 Å².